The van der Waals surface area contributed by atoms with Crippen molar-refractivity contribution in [3.05, 3.63) is 22.0 Å². The number of amides is 1. The molecule has 1 saturated heterocycles. The molecule has 1 fully saturated rings. The van der Waals surface area contributed by atoms with Crippen LogP contribution in [0.3, 0.4) is 0 Å². The van der Waals surface area contributed by atoms with E-state index in [1.54, 1.807) is 0 Å². The summed E-state index contributed by atoms with van der Waals surface area (Å²) in [6.45, 7) is 9.73. The van der Waals surface area contributed by atoms with Crippen molar-refractivity contribution in [1.29, 1.82) is 0 Å². The highest BCUT2D eigenvalue weighted by Crippen LogP contribution is 2.33. The van der Waals surface area contributed by atoms with Crippen molar-refractivity contribution in [2.75, 3.05) is 27.2 Å². The van der Waals surface area contributed by atoms with Crippen molar-refractivity contribution >= 4 is 27.5 Å². The van der Waals surface area contributed by atoms with Gasteiger partial charge in [0.15, 0.2) is 0 Å². The number of likely N-dealkylation sites (N-methyl/N-ethyl adjacent to an activating group) is 1. The average molecular weight is 332 g/mol. The summed E-state index contributed by atoms with van der Waals surface area (Å²) in [5, 5.41) is 1.04. The van der Waals surface area contributed by atoms with Gasteiger partial charge in [0.05, 0.1) is 4.88 Å². The number of fused-ring (bicyclic) bond motifs is 1. The lowest BCUT2D eigenvalue weighted by Gasteiger charge is -2.22. The molecule has 0 aromatic carbocycles. The van der Waals surface area contributed by atoms with Crippen LogP contribution < -0.4 is 0 Å². The molecule has 6 heteroatoms. The second kappa shape index (κ2) is 5.83. The zero-order chi connectivity index (χ0) is 16.9. The Balaban J connectivity index is 1.96. The molecule has 2 atom stereocenters. The van der Waals surface area contributed by atoms with E-state index in [-0.39, 0.29) is 5.91 Å². The summed E-state index contributed by atoms with van der Waals surface area (Å²) < 4.78 is 0. The molecule has 23 heavy (non-hydrogen) atoms. The van der Waals surface area contributed by atoms with E-state index in [2.05, 4.69) is 35.9 Å². The molecular formula is C17H24N4OS. The minimum Gasteiger partial charge on any atom is -0.336 e. The number of carbonyl (C=O) groups is 1. The first-order chi connectivity index (χ1) is 10.8. The predicted octanol–water partition coefficient (Wildman–Crippen LogP) is 2.64. The molecule has 2 aromatic heterocycles. The minimum absolute atomic E-state index is 0.138. The Bertz CT molecular complexity index is 768. The van der Waals surface area contributed by atoms with E-state index >= 15 is 0 Å². The third-order valence-corrected chi connectivity index (χ3v) is 5.97. The monoisotopic (exact) mass is 332 g/mol. The van der Waals surface area contributed by atoms with Gasteiger partial charge in [0.2, 0.25) is 0 Å². The van der Waals surface area contributed by atoms with Crippen LogP contribution in [-0.2, 0) is 0 Å². The summed E-state index contributed by atoms with van der Waals surface area (Å²) in [5.41, 5.74) is 1.98. The number of thiophene rings is 1. The Kier molecular flexibility index (Phi) is 4.14. The largest absolute Gasteiger partial charge is 0.336 e. The Morgan fingerprint density at radius 1 is 1.22 bits per heavy atom. The number of nitrogens with zero attached hydrogens (tertiary/aromatic N) is 4. The van der Waals surface area contributed by atoms with Crippen molar-refractivity contribution in [2.24, 2.45) is 5.92 Å². The third kappa shape index (κ3) is 2.74. The van der Waals surface area contributed by atoms with Gasteiger partial charge in [-0.2, -0.15) is 0 Å². The molecule has 5 nitrogen and oxygen atoms in total. The zero-order valence-electron chi connectivity index (χ0n) is 14.7. The Morgan fingerprint density at radius 3 is 2.52 bits per heavy atom. The first-order valence-electron chi connectivity index (χ1n) is 7.99. The molecule has 0 spiro atoms. The van der Waals surface area contributed by atoms with Crippen LogP contribution in [0.4, 0.5) is 0 Å². The van der Waals surface area contributed by atoms with Gasteiger partial charge in [0.25, 0.3) is 5.91 Å². The van der Waals surface area contributed by atoms with Crippen molar-refractivity contribution in [1.82, 2.24) is 19.8 Å². The lowest BCUT2D eigenvalue weighted by atomic mass is 10.1. The Hall–Kier alpha value is -1.53. The summed E-state index contributed by atoms with van der Waals surface area (Å²) in [6, 6.07) is 0.428. The van der Waals surface area contributed by atoms with Crippen LogP contribution in [0.1, 0.15) is 33.7 Å². The molecule has 0 bridgehead atoms. The molecule has 1 aliphatic heterocycles. The number of rotatable bonds is 2. The van der Waals surface area contributed by atoms with Crippen molar-refractivity contribution in [2.45, 2.75) is 33.7 Å². The third-order valence-electron chi connectivity index (χ3n) is 4.80. The fourth-order valence-electron chi connectivity index (χ4n) is 3.61. The van der Waals surface area contributed by atoms with E-state index in [1.165, 1.54) is 11.3 Å². The molecule has 0 radical (unpaired) electrons. The number of aryl methyl sites for hydroxylation is 3. The smallest absolute Gasteiger partial charge is 0.264 e. The van der Waals surface area contributed by atoms with E-state index in [4.69, 9.17) is 0 Å². The molecule has 1 aliphatic rings. The molecular weight excluding hydrogens is 308 g/mol. The van der Waals surface area contributed by atoms with Gasteiger partial charge < -0.3 is 9.80 Å². The highest BCUT2D eigenvalue weighted by atomic mass is 32.1. The van der Waals surface area contributed by atoms with Crippen LogP contribution >= 0.6 is 11.3 Å². The second-order valence-electron chi connectivity index (χ2n) is 6.81. The number of hydrogen-bond donors (Lipinski definition) is 0. The van der Waals surface area contributed by atoms with E-state index in [9.17, 15) is 4.79 Å². The normalized spacial score (nSPS) is 21.6. The van der Waals surface area contributed by atoms with Gasteiger partial charge in [-0.3, -0.25) is 4.79 Å². The molecule has 2 aromatic rings. The lowest BCUT2D eigenvalue weighted by molar-refractivity contribution is 0.0785. The fourth-order valence-corrected chi connectivity index (χ4v) is 4.85. The highest BCUT2D eigenvalue weighted by Gasteiger charge is 2.35. The van der Waals surface area contributed by atoms with Gasteiger partial charge in [-0.15, -0.1) is 11.3 Å². The SMILES string of the molecule is Cc1nc(C)c2c(C)c(C(=O)N3C[C@H](C)[C@@H](N(C)C)C3)sc2n1. The van der Waals surface area contributed by atoms with E-state index in [1.807, 2.05) is 25.7 Å². The molecule has 3 rings (SSSR count). The Labute approximate surface area is 141 Å². The van der Waals surface area contributed by atoms with Crippen molar-refractivity contribution in [3.8, 4) is 0 Å². The van der Waals surface area contributed by atoms with Crippen LogP contribution in [0.15, 0.2) is 0 Å². The predicted molar refractivity (Wildman–Crippen MR) is 94.2 cm³/mol. The van der Waals surface area contributed by atoms with Gasteiger partial charge in [0, 0.05) is 30.2 Å². The average Bonchev–Trinajstić information content (AvgIpc) is 2.99. The van der Waals surface area contributed by atoms with Gasteiger partial charge in [-0.05, 0) is 46.3 Å². The van der Waals surface area contributed by atoms with Crippen molar-refractivity contribution in [3.63, 3.8) is 0 Å². The van der Waals surface area contributed by atoms with Crippen LogP contribution in [-0.4, -0.2) is 58.9 Å². The van der Waals surface area contributed by atoms with E-state index in [0.717, 1.165) is 45.3 Å². The summed E-state index contributed by atoms with van der Waals surface area (Å²) >= 11 is 1.50. The standard InChI is InChI=1S/C17H24N4OS/c1-9-7-21(8-13(9)20(5)6)17(22)15-10(2)14-11(3)18-12(4)19-16(14)23-15/h9,13H,7-8H2,1-6H3/t9-,13-/m0/s1. The summed E-state index contributed by atoms with van der Waals surface area (Å²) in [6.07, 6.45) is 0. The molecule has 1 amide bonds. The van der Waals surface area contributed by atoms with Crippen LogP contribution in [0.25, 0.3) is 10.2 Å². The maximum Gasteiger partial charge on any atom is 0.264 e. The quantitative estimate of drug-likeness (QED) is 0.848. The van der Waals surface area contributed by atoms with Gasteiger partial charge in [0.1, 0.15) is 10.7 Å². The number of aromatic nitrogens is 2. The van der Waals surface area contributed by atoms with Gasteiger partial charge in [-0.25, -0.2) is 9.97 Å². The summed E-state index contributed by atoms with van der Waals surface area (Å²) in [5.74, 6) is 1.39. The molecule has 0 saturated carbocycles. The maximum absolute atomic E-state index is 13.0. The fraction of sp³-hybridized carbons (Fsp3) is 0.588. The van der Waals surface area contributed by atoms with Gasteiger partial charge in [-0.1, -0.05) is 6.92 Å². The molecule has 0 unspecified atom stereocenters. The van der Waals surface area contributed by atoms with E-state index in [0.29, 0.717) is 12.0 Å². The van der Waals surface area contributed by atoms with E-state index < -0.39 is 0 Å². The van der Waals surface area contributed by atoms with Crippen LogP contribution in [0.2, 0.25) is 0 Å². The topological polar surface area (TPSA) is 49.3 Å². The minimum atomic E-state index is 0.138. The lowest BCUT2D eigenvalue weighted by Crippen LogP contribution is -2.35. The molecule has 0 N–H and O–H groups in total. The molecule has 0 aliphatic carbocycles. The number of carbonyl (C=O) groups excluding carboxylic acids is 1. The zero-order valence-corrected chi connectivity index (χ0v) is 15.5. The first-order valence-corrected chi connectivity index (χ1v) is 8.81. The Morgan fingerprint density at radius 2 is 1.91 bits per heavy atom. The number of hydrogen-bond acceptors (Lipinski definition) is 5. The molecule has 3 heterocycles. The second-order valence-corrected chi connectivity index (χ2v) is 7.81. The highest BCUT2D eigenvalue weighted by molar-refractivity contribution is 7.20. The van der Waals surface area contributed by atoms with Gasteiger partial charge >= 0.3 is 0 Å². The van der Waals surface area contributed by atoms with Crippen molar-refractivity contribution < 1.29 is 4.79 Å². The molecule has 124 valence electrons. The maximum atomic E-state index is 13.0. The van der Waals surface area contributed by atoms with Crippen LogP contribution in [0, 0.1) is 26.7 Å². The first kappa shape index (κ1) is 16.3. The van der Waals surface area contributed by atoms with Crippen LogP contribution in [0.5, 0.6) is 0 Å². The number of likely N-dealkylation sites (tertiary alicyclic amines) is 1. The summed E-state index contributed by atoms with van der Waals surface area (Å²) in [4.78, 5) is 27.9. The summed E-state index contributed by atoms with van der Waals surface area (Å²) in [7, 11) is 4.17.